The number of likely N-dealkylation sites (N-methyl/N-ethyl adjacent to an activating group) is 1. The molecule has 2 amide bonds. The van der Waals surface area contributed by atoms with Crippen LogP contribution in [0.3, 0.4) is 0 Å². The molecule has 0 radical (unpaired) electrons. The summed E-state index contributed by atoms with van der Waals surface area (Å²) in [6.07, 6.45) is 0.361. The first kappa shape index (κ1) is 35.9. The quantitative estimate of drug-likeness (QED) is 0.212. The molecule has 2 aromatic carbocycles. The largest absolute Gasteiger partial charge is 0.375 e. The number of hydrogen-bond donors (Lipinski definition) is 3. The molecule has 11 heteroatoms. The van der Waals surface area contributed by atoms with Gasteiger partial charge in [-0.1, -0.05) is 75.4 Å². The maximum absolute atomic E-state index is 13.8. The zero-order valence-corrected chi connectivity index (χ0v) is 28.8. The molecule has 1 atom stereocenters. The van der Waals surface area contributed by atoms with Crippen LogP contribution in [0.1, 0.15) is 79.0 Å². The number of carbonyl (C=O) groups is 3. The van der Waals surface area contributed by atoms with Gasteiger partial charge in [-0.25, -0.2) is 4.68 Å². The Morgan fingerprint density at radius 1 is 0.979 bits per heavy atom. The van der Waals surface area contributed by atoms with Crippen LogP contribution in [0, 0.1) is 11.3 Å². The summed E-state index contributed by atoms with van der Waals surface area (Å²) in [5.74, 6) is -0.188. The first-order chi connectivity index (χ1) is 22.3. The Balaban J connectivity index is 1.40. The second-order valence-electron chi connectivity index (χ2n) is 13.8. The Hall–Kier alpha value is -3.93. The molecule has 3 N–H and O–H groups in total. The van der Waals surface area contributed by atoms with Gasteiger partial charge in [0.2, 0.25) is 11.8 Å². The molecule has 0 saturated heterocycles. The average molecular weight is 647 g/mol. The Bertz CT molecular complexity index is 1560. The number of carbonyl (C=O) groups excluding carboxylic acids is 3. The highest BCUT2D eigenvalue weighted by atomic mass is 16.5. The summed E-state index contributed by atoms with van der Waals surface area (Å²) in [6.45, 7) is 13.1. The van der Waals surface area contributed by atoms with Crippen molar-refractivity contribution in [2.75, 3.05) is 31.6 Å². The van der Waals surface area contributed by atoms with Gasteiger partial charge in [0.15, 0.2) is 6.23 Å². The first-order valence-corrected chi connectivity index (χ1v) is 16.5. The van der Waals surface area contributed by atoms with Gasteiger partial charge in [0.05, 0.1) is 17.8 Å². The van der Waals surface area contributed by atoms with Crippen LogP contribution >= 0.6 is 0 Å². The summed E-state index contributed by atoms with van der Waals surface area (Å²) in [7, 11) is 1.76. The Labute approximate surface area is 278 Å². The number of ether oxygens (including phenoxy) is 1. The van der Waals surface area contributed by atoms with Gasteiger partial charge >= 0.3 is 0 Å². The van der Waals surface area contributed by atoms with Crippen LogP contribution < -0.4 is 15.5 Å². The number of anilines is 1. The number of rotatable bonds is 15. The van der Waals surface area contributed by atoms with Crippen LogP contribution in [0.15, 0.2) is 48.5 Å². The highest BCUT2D eigenvalue weighted by Gasteiger charge is 2.32. The average Bonchev–Trinajstić information content (AvgIpc) is 3.46. The van der Waals surface area contributed by atoms with Gasteiger partial charge in [-0.3, -0.25) is 14.4 Å². The van der Waals surface area contributed by atoms with Crippen LogP contribution in [-0.2, 0) is 25.7 Å². The smallest absolute Gasteiger partial charge is 0.227 e. The fraction of sp³-hybridized carbons (Fsp3) is 0.528. The zero-order chi connectivity index (χ0) is 34.4. The lowest BCUT2D eigenvalue weighted by Crippen LogP contribution is -2.36. The van der Waals surface area contributed by atoms with Crippen molar-refractivity contribution in [1.82, 2.24) is 25.6 Å². The van der Waals surface area contributed by atoms with Crippen molar-refractivity contribution >= 4 is 23.3 Å². The van der Waals surface area contributed by atoms with Gasteiger partial charge in [-0.2, -0.15) is 0 Å². The van der Waals surface area contributed by atoms with E-state index < -0.39 is 17.2 Å². The number of aliphatic hydroxyl groups is 1. The maximum atomic E-state index is 13.8. The number of aliphatic hydroxyl groups excluding tert-OH is 1. The molecule has 0 bridgehead atoms. The molecule has 1 unspecified atom stereocenters. The number of benzene rings is 2. The third kappa shape index (κ3) is 8.71. The number of nitrogens with zero attached hydrogens (tertiary/aromatic N) is 4. The van der Waals surface area contributed by atoms with E-state index in [0.717, 1.165) is 16.7 Å². The van der Waals surface area contributed by atoms with E-state index in [4.69, 9.17) is 4.74 Å². The van der Waals surface area contributed by atoms with E-state index in [1.807, 2.05) is 90.1 Å². The van der Waals surface area contributed by atoms with Crippen molar-refractivity contribution < 1.29 is 24.2 Å². The Morgan fingerprint density at radius 2 is 1.66 bits per heavy atom. The predicted octanol–water partition coefficient (Wildman–Crippen LogP) is 4.89. The van der Waals surface area contributed by atoms with E-state index in [0.29, 0.717) is 43.1 Å². The first-order valence-electron chi connectivity index (χ1n) is 16.5. The number of Topliss-reactive ketones (excluding diaryl/α,β-unsaturated/α-hetero) is 1. The lowest BCUT2D eigenvalue weighted by Gasteiger charge is -2.30. The highest BCUT2D eigenvalue weighted by molar-refractivity contribution is 6.01. The third-order valence-corrected chi connectivity index (χ3v) is 8.74. The minimum absolute atomic E-state index is 0.0206. The van der Waals surface area contributed by atoms with E-state index in [1.165, 1.54) is 4.68 Å². The van der Waals surface area contributed by atoms with Crippen LogP contribution in [-0.4, -0.2) is 70.0 Å². The van der Waals surface area contributed by atoms with E-state index in [9.17, 15) is 19.5 Å². The minimum atomic E-state index is -0.934. The Kier molecular flexibility index (Phi) is 11.7. The fourth-order valence-electron chi connectivity index (χ4n) is 5.99. The van der Waals surface area contributed by atoms with E-state index in [-0.39, 0.29) is 49.4 Å². The minimum Gasteiger partial charge on any atom is -0.375 e. The summed E-state index contributed by atoms with van der Waals surface area (Å²) in [5, 5.41) is 25.5. The summed E-state index contributed by atoms with van der Waals surface area (Å²) in [6, 6.07) is 15.2. The van der Waals surface area contributed by atoms with Gasteiger partial charge in [0.1, 0.15) is 17.2 Å². The van der Waals surface area contributed by atoms with Gasteiger partial charge in [-0.15, -0.1) is 5.10 Å². The predicted molar refractivity (Wildman–Crippen MR) is 182 cm³/mol. The number of aromatic nitrogens is 3. The van der Waals surface area contributed by atoms with Crippen molar-refractivity contribution in [2.24, 2.45) is 11.3 Å². The Morgan fingerprint density at radius 3 is 2.36 bits per heavy atom. The molecule has 3 aromatic rings. The second-order valence-corrected chi connectivity index (χ2v) is 13.8. The van der Waals surface area contributed by atoms with Gasteiger partial charge in [-0.05, 0) is 45.4 Å². The summed E-state index contributed by atoms with van der Waals surface area (Å²) < 4.78 is 7.62. The van der Waals surface area contributed by atoms with Crippen molar-refractivity contribution in [1.29, 1.82) is 0 Å². The molecular weight excluding hydrogens is 596 g/mol. The number of para-hydroxylation sites is 1. The highest BCUT2D eigenvalue weighted by Crippen LogP contribution is 2.41. The molecule has 0 saturated carbocycles. The van der Waals surface area contributed by atoms with E-state index >= 15 is 0 Å². The molecule has 2 heterocycles. The fourth-order valence-corrected chi connectivity index (χ4v) is 5.99. The normalized spacial score (nSPS) is 13.7. The third-order valence-electron chi connectivity index (χ3n) is 8.74. The molecule has 0 aliphatic carbocycles. The molecule has 4 rings (SSSR count). The lowest BCUT2D eigenvalue weighted by atomic mass is 9.80. The van der Waals surface area contributed by atoms with Gasteiger partial charge < -0.3 is 25.4 Å². The monoisotopic (exact) mass is 646 g/mol. The molecule has 11 nitrogen and oxygen atoms in total. The second kappa shape index (κ2) is 15.3. The topological polar surface area (TPSA) is 139 Å². The lowest BCUT2D eigenvalue weighted by molar-refractivity contribution is -0.132. The number of amides is 2. The summed E-state index contributed by atoms with van der Waals surface area (Å²) >= 11 is 0. The standard InChI is InChI=1S/C36H50N6O5/c1-24(2)34(46)35(3,4)19-21-47-36(5,6)18-20-38-29(43)16-17-30(44)41-23-25-12-8-9-13-26(25)33-32(27-14-10-11-15-28(27)41)39-40-42(33)31(45)22-37-7/h8-15,24,31,37,45H,16-23H2,1-7H3,(H,38,43). The number of ketones is 1. The maximum Gasteiger partial charge on any atom is 0.227 e. The van der Waals surface area contributed by atoms with E-state index in [1.54, 1.807) is 11.9 Å². The van der Waals surface area contributed by atoms with Crippen molar-refractivity contribution in [3.05, 3.63) is 54.1 Å². The summed E-state index contributed by atoms with van der Waals surface area (Å²) in [5.41, 5.74) is 3.41. The molecule has 0 fully saturated rings. The number of nitrogens with one attached hydrogen (secondary N) is 2. The summed E-state index contributed by atoms with van der Waals surface area (Å²) in [4.78, 5) is 40.8. The van der Waals surface area contributed by atoms with Crippen LogP contribution in [0.4, 0.5) is 5.69 Å². The van der Waals surface area contributed by atoms with Crippen LogP contribution in [0.2, 0.25) is 0 Å². The number of hydrogen-bond acceptors (Lipinski definition) is 8. The molecule has 47 heavy (non-hydrogen) atoms. The molecular formula is C36H50N6O5. The molecule has 1 aliphatic rings. The van der Waals surface area contributed by atoms with Crippen LogP contribution in [0.5, 0.6) is 0 Å². The van der Waals surface area contributed by atoms with Gasteiger partial charge in [0.25, 0.3) is 0 Å². The van der Waals surface area contributed by atoms with Crippen molar-refractivity contribution in [3.63, 3.8) is 0 Å². The van der Waals surface area contributed by atoms with Gasteiger partial charge in [0, 0.05) is 55.0 Å². The molecule has 0 spiro atoms. The molecule has 1 aromatic heterocycles. The van der Waals surface area contributed by atoms with Crippen LogP contribution in [0.25, 0.3) is 22.5 Å². The zero-order valence-electron chi connectivity index (χ0n) is 28.8. The SMILES string of the molecule is CNCC(O)n1nnc2c1-c1ccccc1CN(C(=O)CCC(=O)NCCC(C)(C)OCCC(C)(C)C(=O)C(C)C)c1ccccc1-2. The van der Waals surface area contributed by atoms with Crippen molar-refractivity contribution in [3.8, 4) is 22.5 Å². The van der Waals surface area contributed by atoms with Crippen molar-refractivity contribution in [2.45, 2.75) is 85.6 Å². The van der Waals surface area contributed by atoms with E-state index in [2.05, 4.69) is 20.9 Å². The number of fused-ring (bicyclic) bond motifs is 5. The molecule has 254 valence electrons. The molecule has 1 aliphatic heterocycles.